The number of amides is 1. The highest BCUT2D eigenvalue weighted by molar-refractivity contribution is 5.97. The van der Waals surface area contributed by atoms with Crippen molar-refractivity contribution in [2.24, 2.45) is 0 Å². The summed E-state index contributed by atoms with van der Waals surface area (Å²) in [7, 11) is 0. The zero-order chi connectivity index (χ0) is 18.1. The molecule has 0 bridgehead atoms. The molecule has 3 aromatic rings. The number of aliphatic carboxylic acids is 1. The molecule has 8 heteroatoms. The monoisotopic (exact) mass is 353 g/mol. The number of carbonyl (C=O) groups is 2. The molecule has 0 unspecified atom stereocenters. The van der Waals surface area contributed by atoms with Crippen molar-refractivity contribution in [3.63, 3.8) is 0 Å². The minimum Gasteiger partial charge on any atom is -0.481 e. The van der Waals surface area contributed by atoms with Crippen molar-refractivity contribution in [3.8, 4) is 0 Å². The van der Waals surface area contributed by atoms with Crippen LogP contribution in [-0.4, -0.2) is 55.1 Å². The van der Waals surface area contributed by atoms with Crippen molar-refractivity contribution in [2.45, 2.75) is 25.2 Å². The van der Waals surface area contributed by atoms with Gasteiger partial charge in [-0.25, -0.2) is 4.98 Å². The van der Waals surface area contributed by atoms with Crippen molar-refractivity contribution < 1.29 is 14.7 Å². The van der Waals surface area contributed by atoms with Gasteiger partial charge >= 0.3 is 5.97 Å². The standard InChI is InChI=1S/C18H19N5O3/c24-17(25)9-13-8-15(22-21-13)11-3-5-23(6-4-11)18(26)12-1-2-14-16(7-12)20-10-19-14/h1-2,7-8,10-11H,3-6,9H2,(H,19,20)(H,21,22)(H,24,25). The largest absolute Gasteiger partial charge is 0.481 e. The van der Waals surface area contributed by atoms with Crippen LogP contribution in [0.3, 0.4) is 0 Å². The molecule has 1 aliphatic heterocycles. The van der Waals surface area contributed by atoms with Crippen molar-refractivity contribution >= 4 is 22.9 Å². The molecule has 1 aliphatic rings. The molecule has 0 saturated carbocycles. The van der Waals surface area contributed by atoms with E-state index in [1.807, 2.05) is 29.2 Å². The van der Waals surface area contributed by atoms with E-state index in [-0.39, 0.29) is 18.2 Å². The molecule has 1 aromatic carbocycles. The lowest BCUT2D eigenvalue weighted by molar-refractivity contribution is -0.136. The van der Waals surface area contributed by atoms with Gasteiger partial charge in [-0.15, -0.1) is 0 Å². The number of hydrogen-bond donors (Lipinski definition) is 3. The predicted molar refractivity (Wildman–Crippen MR) is 93.9 cm³/mol. The van der Waals surface area contributed by atoms with Gasteiger partial charge in [-0.2, -0.15) is 5.10 Å². The summed E-state index contributed by atoms with van der Waals surface area (Å²) in [5.41, 5.74) is 3.85. The van der Waals surface area contributed by atoms with Crippen LogP contribution in [0, 0.1) is 0 Å². The maximum atomic E-state index is 12.7. The van der Waals surface area contributed by atoms with Crippen molar-refractivity contribution in [2.75, 3.05) is 13.1 Å². The first-order valence-electron chi connectivity index (χ1n) is 8.58. The predicted octanol–water partition coefficient (Wildman–Crippen LogP) is 1.93. The number of rotatable bonds is 4. The number of imidazole rings is 1. The zero-order valence-electron chi connectivity index (χ0n) is 14.1. The van der Waals surface area contributed by atoms with Gasteiger partial charge in [-0.3, -0.25) is 14.7 Å². The Labute approximate surface area is 149 Å². The van der Waals surface area contributed by atoms with Crippen LogP contribution in [0.4, 0.5) is 0 Å². The Morgan fingerprint density at radius 1 is 1.23 bits per heavy atom. The third-order valence-electron chi connectivity index (χ3n) is 4.86. The summed E-state index contributed by atoms with van der Waals surface area (Å²) in [6.07, 6.45) is 3.19. The molecule has 1 amide bonds. The molecule has 3 N–H and O–H groups in total. The van der Waals surface area contributed by atoms with Crippen molar-refractivity contribution in [1.29, 1.82) is 0 Å². The Balaban J connectivity index is 1.40. The Hall–Kier alpha value is -3.16. The van der Waals surface area contributed by atoms with Crippen LogP contribution in [0.25, 0.3) is 11.0 Å². The van der Waals surface area contributed by atoms with E-state index in [4.69, 9.17) is 5.11 Å². The summed E-state index contributed by atoms with van der Waals surface area (Å²) in [5, 5.41) is 15.9. The average Bonchev–Trinajstić information content (AvgIpc) is 3.29. The molecular formula is C18H19N5O3. The highest BCUT2D eigenvalue weighted by Gasteiger charge is 2.26. The fraction of sp³-hybridized carbons (Fsp3) is 0.333. The normalized spacial score (nSPS) is 15.5. The van der Waals surface area contributed by atoms with Gasteiger partial charge in [0.25, 0.3) is 5.91 Å². The van der Waals surface area contributed by atoms with Crippen LogP contribution in [0.2, 0.25) is 0 Å². The number of benzene rings is 1. The molecule has 8 nitrogen and oxygen atoms in total. The van der Waals surface area contributed by atoms with Gasteiger partial charge in [0, 0.05) is 30.3 Å². The molecule has 134 valence electrons. The van der Waals surface area contributed by atoms with Gasteiger partial charge in [-0.05, 0) is 37.1 Å². The van der Waals surface area contributed by atoms with Crippen LogP contribution in [-0.2, 0) is 11.2 Å². The van der Waals surface area contributed by atoms with E-state index in [9.17, 15) is 9.59 Å². The number of carbonyl (C=O) groups excluding carboxylic acids is 1. The van der Waals surface area contributed by atoms with Gasteiger partial charge in [0.15, 0.2) is 0 Å². The highest BCUT2D eigenvalue weighted by atomic mass is 16.4. The fourth-order valence-electron chi connectivity index (χ4n) is 3.47. The SMILES string of the molecule is O=C(O)Cc1cc(C2CCN(C(=O)c3ccc4nc[nH]c4c3)CC2)n[nH]1. The van der Waals surface area contributed by atoms with E-state index in [0.717, 1.165) is 29.6 Å². The van der Waals surface area contributed by atoms with Gasteiger partial charge in [0.2, 0.25) is 0 Å². The third kappa shape index (κ3) is 3.17. The molecule has 2 aromatic heterocycles. The second-order valence-electron chi connectivity index (χ2n) is 6.59. The number of nitrogens with one attached hydrogen (secondary N) is 2. The number of likely N-dealkylation sites (tertiary alicyclic amines) is 1. The lowest BCUT2D eigenvalue weighted by Crippen LogP contribution is -2.38. The number of nitrogens with zero attached hydrogens (tertiary/aromatic N) is 3. The molecule has 3 heterocycles. The first-order chi connectivity index (χ1) is 12.6. The first kappa shape index (κ1) is 16.3. The second kappa shape index (κ2) is 6.62. The molecule has 26 heavy (non-hydrogen) atoms. The van der Waals surface area contributed by atoms with Crippen LogP contribution in [0.5, 0.6) is 0 Å². The van der Waals surface area contributed by atoms with Gasteiger partial charge < -0.3 is 15.0 Å². The number of hydrogen-bond acceptors (Lipinski definition) is 4. The molecule has 1 saturated heterocycles. The van der Waals surface area contributed by atoms with E-state index < -0.39 is 5.97 Å². The van der Waals surface area contributed by atoms with E-state index >= 15 is 0 Å². The first-order valence-corrected chi connectivity index (χ1v) is 8.58. The number of aromatic amines is 2. The number of fused-ring (bicyclic) bond motifs is 1. The minimum absolute atomic E-state index is 0.0218. The van der Waals surface area contributed by atoms with Crippen LogP contribution < -0.4 is 0 Å². The number of piperidine rings is 1. The lowest BCUT2D eigenvalue weighted by atomic mass is 9.93. The number of aromatic nitrogens is 4. The van der Waals surface area contributed by atoms with Crippen molar-refractivity contribution in [3.05, 3.63) is 47.5 Å². The Morgan fingerprint density at radius 2 is 2.04 bits per heavy atom. The molecule has 0 atom stereocenters. The molecular weight excluding hydrogens is 334 g/mol. The van der Waals surface area contributed by atoms with E-state index in [1.165, 1.54) is 0 Å². The second-order valence-corrected chi connectivity index (χ2v) is 6.59. The quantitative estimate of drug-likeness (QED) is 0.663. The maximum absolute atomic E-state index is 12.7. The van der Waals surface area contributed by atoms with E-state index in [2.05, 4.69) is 20.2 Å². The summed E-state index contributed by atoms with van der Waals surface area (Å²) in [4.78, 5) is 32.6. The van der Waals surface area contributed by atoms with Crippen LogP contribution >= 0.6 is 0 Å². The lowest BCUT2D eigenvalue weighted by Gasteiger charge is -2.31. The van der Waals surface area contributed by atoms with Crippen LogP contribution in [0.1, 0.15) is 40.5 Å². The smallest absolute Gasteiger partial charge is 0.309 e. The van der Waals surface area contributed by atoms with Gasteiger partial charge in [-0.1, -0.05) is 0 Å². The van der Waals surface area contributed by atoms with Gasteiger partial charge in [0.05, 0.1) is 29.5 Å². The highest BCUT2D eigenvalue weighted by Crippen LogP contribution is 2.28. The fourth-order valence-corrected chi connectivity index (χ4v) is 3.47. The number of H-pyrrole nitrogens is 2. The molecule has 0 aliphatic carbocycles. The topological polar surface area (TPSA) is 115 Å². The third-order valence-corrected chi connectivity index (χ3v) is 4.86. The number of carboxylic acids is 1. The average molecular weight is 353 g/mol. The van der Waals surface area contributed by atoms with E-state index in [1.54, 1.807) is 6.33 Å². The van der Waals surface area contributed by atoms with Crippen LogP contribution in [0.15, 0.2) is 30.6 Å². The molecule has 0 spiro atoms. The Morgan fingerprint density at radius 3 is 2.81 bits per heavy atom. The Kier molecular flexibility index (Phi) is 4.16. The van der Waals surface area contributed by atoms with Gasteiger partial charge in [0.1, 0.15) is 0 Å². The Bertz CT molecular complexity index is 953. The summed E-state index contributed by atoms with van der Waals surface area (Å²) < 4.78 is 0. The summed E-state index contributed by atoms with van der Waals surface area (Å²) in [6, 6.07) is 7.31. The van der Waals surface area contributed by atoms with Crippen molar-refractivity contribution in [1.82, 2.24) is 25.1 Å². The maximum Gasteiger partial charge on any atom is 0.309 e. The summed E-state index contributed by atoms with van der Waals surface area (Å²) in [6.45, 7) is 1.32. The summed E-state index contributed by atoms with van der Waals surface area (Å²) in [5.74, 6) is -0.615. The zero-order valence-corrected chi connectivity index (χ0v) is 14.1. The molecule has 0 radical (unpaired) electrons. The summed E-state index contributed by atoms with van der Waals surface area (Å²) >= 11 is 0. The van der Waals surface area contributed by atoms with E-state index in [0.29, 0.717) is 24.3 Å². The minimum atomic E-state index is -0.880. The molecule has 1 fully saturated rings. The molecule has 4 rings (SSSR count). The number of carboxylic acid groups (broad SMARTS) is 1.